The van der Waals surface area contributed by atoms with Crippen molar-refractivity contribution in [2.24, 2.45) is 0 Å². The van der Waals surface area contributed by atoms with Crippen molar-refractivity contribution in [1.29, 1.82) is 0 Å². The Balaban J connectivity index is 2.15. The molecule has 1 aromatic heterocycles. The third-order valence-electron chi connectivity index (χ3n) is 2.71. The summed E-state index contributed by atoms with van der Waals surface area (Å²) in [6, 6.07) is 10.2. The molecule has 0 aliphatic heterocycles. The number of benzene rings is 1. The number of rotatable bonds is 4. The normalized spacial score (nSPS) is 10.7. The van der Waals surface area contributed by atoms with E-state index >= 15 is 0 Å². The van der Waals surface area contributed by atoms with Gasteiger partial charge in [0, 0.05) is 18.3 Å². The SMILES string of the molecule is CC(C)c1cnc(Cl)nc1NCc1ccccc1. The molecule has 0 unspecified atom stereocenters. The van der Waals surface area contributed by atoms with E-state index in [0.29, 0.717) is 5.92 Å². The van der Waals surface area contributed by atoms with Gasteiger partial charge < -0.3 is 5.32 Å². The van der Waals surface area contributed by atoms with E-state index in [1.165, 1.54) is 5.56 Å². The zero-order valence-electron chi connectivity index (χ0n) is 10.5. The first kappa shape index (κ1) is 12.8. The third-order valence-corrected chi connectivity index (χ3v) is 2.89. The standard InChI is InChI=1S/C14H16ClN3/c1-10(2)12-9-17-14(15)18-13(12)16-8-11-6-4-3-5-7-11/h3-7,9-10H,8H2,1-2H3,(H,16,17,18). The van der Waals surface area contributed by atoms with Gasteiger partial charge in [0.1, 0.15) is 5.82 Å². The summed E-state index contributed by atoms with van der Waals surface area (Å²) in [5.41, 5.74) is 2.29. The van der Waals surface area contributed by atoms with Crippen LogP contribution >= 0.6 is 11.6 Å². The zero-order valence-corrected chi connectivity index (χ0v) is 11.3. The van der Waals surface area contributed by atoms with Crippen LogP contribution in [0.2, 0.25) is 5.28 Å². The van der Waals surface area contributed by atoms with Crippen LogP contribution in [0, 0.1) is 0 Å². The molecule has 0 saturated carbocycles. The van der Waals surface area contributed by atoms with Crippen LogP contribution in [0.4, 0.5) is 5.82 Å². The fourth-order valence-corrected chi connectivity index (χ4v) is 1.85. The number of anilines is 1. The molecule has 0 aliphatic carbocycles. The molecule has 0 amide bonds. The quantitative estimate of drug-likeness (QED) is 0.849. The second-order valence-electron chi connectivity index (χ2n) is 4.44. The van der Waals surface area contributed by atoms with Crippen molar-refractivity contribution in [2.75, 3.05) is 5.32 Å². The summed E-state index contributed by atoms with van der Waals surface area (Å²) in [6.45, 7) is 4.95. The van der Waals surface area contributed by atoms with Crippen LogP contribution in [0.1, 0.15) is 30.9 Å². The Kier molecular flexibility index (Phi) is 4.15. The Morgan fingerprint density at radius 3 is 2.61 bits per heavy atom. The molecule has 1 aromatic carbocycles. The van der Waals surface area contributed by atoms with E-state index in [1.54, 1.807) is 6.20 Å². The summed E-state index contributed by atoms with van der Waals surface area (Å²) in [5, 5.41) is 3.59. The van der Waals surface area contributed by atoms with Gasteiger partial charge in [-0.1, -0.05) is 44.2 Å². The molecule has 2 aromatic rings. The van der Waals surface area contributed by atoms with Gasteiger partial charge in [0.15, 0.2) is 0 Å². The lowest BCUT2D eigenvalue weighted by atomic mass is 10.1. The maximum atomic E-state index is 5.84. The van der Waals surface area contributed by atoms with E-state index in [1.807, 2.05) is 18.2 Å². The minimum absolute atomic E-state index is 0.273. The summed E-state index contributed by atoms with van der Waals surface area (Å²) >= 11 is 5.84. The first-order valence-electron chi connectivity index (χ1n) is 5.97. The van der Waals surface area contributed by atoms with Gasteiger partial charge in [0.05, 0.1) is 0 Å². The maximum absolute atomic E-state index is 5.84. The molecule has 18 heavy (non-hydrogen) atoms. The van der Waals surface area contributed by atoms with Gasteiger partial charge >= 0.3 is 0 Å². The Labute approximate surface area is 112 Å². The predicted octanol–water partition coefficient (Wildman–Crippen LogP) is 3.87. The minimum Gasteiger partial charge on any atom is -0.366 e. The largest absolute Gasteiger partial charge is 0.366 e. The van der Waals surface area contributed by atoms with Crippen LogP contribution in [0.15, 0.2) is 36.5 Å². The van der Waals surface area contributed by atoms with Crippen molar-refractivity contribution >= 4 is 17.4 Å². The summed E-state index contributed by atoms with van der Waals surface area (Å²) in [7, 11) is 0. The molecular formula is C14H16ClN3. The van der Waals surface area contributed by atoms with Gasteiger partial charge in [-0.05, 0) is 23.1 Å². The van der Waals surface area contributed by atoms with Gasteiger partial charge in [-0.3, -0.25) is 0 Å². The molecule has 1 heterocycles. The molecule has 0 fully saturated rings. The summed E-state index contributed by atoms with van der Waals surface area (Å²) in [5.74, 6) is 1.18. The highest BCUT2D eigenvalue weighted by molar-refractivity contribution is 6.28. The van der Waals surface area contributed by atoms with Crippen molar-refractivity contribution < 1.29 is 0 Å². The first-order chi connectivity index (χ1) is 8.66. The van der Waals surface area contributed by atoms with Crippen LogP contribution in [-0.4, -0.2) is 9.97 Å². The van der Waals surface area contributed by atoms with Crippen LogP contribution in [0.3, 0.4) is 0 Å². The van der Waals surface area contributed by atoms with Crippen LogP contribution < -0.4 is 5.32 Å². The molecule has 3 nitrogen and oxygen atoms in total. The molecule has 0 aliphatic rings. The second-order valence-corrected chi connectivity index (χ2v) is 4.77. The third kappa shape index (κ3) is 3.20. The van der Waals surface area contributed by atoms with Gasteiger partial charge in [-0.15, -0.1) is 0 Å². The highest BCUT2D eigenvalue weighted by Crippen LogP contribution is 2.23. The van der Waals surface area contributed by atoms with Gasteiger partial charge in [-0.2, -0.15) is 0 Å². The lowest BCUT2D eigenvalue weighted by Crippen LogP contribution is -2.06. The molecule has 0 atom stereocenters. The van der Waals surface area contributed by atoms with Crippen LogP contribution in [-0.2, 0) is 6.54 Å². The van der Waals surface area contributed by atoms with Gasteiger partial charge in [0.25, 0.3) is 0 Å². The molecule has 0 spiro atoms. The second kappa shape index (κ2) is 5.83. The summed E-state index contributed by atoms with van der Waals surface area (Å²) in [4.78, 5) is 8.28. The lowest BCUT2D eigenvalue weighted by molar-refractivity contribution is 0.844. The fourth-order valence-electron chi connectivity index (χ4n) is 1.72. The van der Waals surface area contributed by atoms with Crippen molar-refractivity contribution in [3.63, 3.8) is 0 Å². The van der Waals surface area contributed by atoms with Crippen LogP contribution in [0.5, 0.6) is 0 Å². The Hall–Kier alpha value is -1.61. The summed E-state index contributed by atoms with van der Waals surface area (Å²) < 4.78 is 0. The van der Waals surface area contributed by atoms with Crippen molar-refractivity contribution in [2.45, 2.75) is 26.3 Å². The number of nitrogens with zero attached hydrogens (tertiary/aromatic N) is 2. The molecule has 4 heteroatoms. The molecular weight excluding hydrogens is 246 g/mol. The monoisotopic (exact) mass is 261 g/mol. The maximum Gasteiger partial charge on any atom is 0.224 e. The van der Waals surface area contributed by atoms with E-state index in [4.69, 9.17) is 11.6 Å². The fraction of sp³-hybridized carbons (Fsp3) is 0.286. The minimum atomic E-state index is 0.273. The Morgan fingerprint density at radius 1 is 1.22 bits per heavy atom. The molecule has 1 N–H and O–H groups in total. The van der Waals surface area contributed by atoms with Gasteiger partial charge in [0.2, 0.25) is 5.28 Å². The number of nitrogens with one attached hydrogen (secondary N) is 1. The molecule has 94 valence electrons. The lowest BCUT2D eigenvalue weighted by Gasteiger charge is -2.13. The number of hydrogen-bond donors (Lipinski definition) is 1. The van der Waals surface area contributed by atoms with E-state index < -0.39 is 0 Å². The van der Waals surface area contributed by atoms with E-state index in [-0.39, 0.29) is 5.28 Å². The number of hydrogen-bond acceptors (Lipinski definition) is 3. The average molecular weight is 262 g/mol. The molecule has 0 bridgehead atoms. The number of aromatic nitrogens is 2. The predicted molar refractivity (Wildman–Crippen MR) is 74.9 cm³/mol. The smallest absolute Gasteiger partial charge is 0.224 e. The van der Waals surface area contributed by atoms with Crippen molar-refractivity contribution in [3.05, 3.63) is 52.9 Å². The van der Waals surface area contributed by atoms with E-state index in [9.17, 15) is 0 Å². The highest BCUT2D eigenvalue weighted by Gasteiger charge is 2.09. The highest BCUT2D eigenvalue weighted by atomic mass is 35.5. The topological polar surface area (TPSA) is 37.8 Å². The molecule has 0 saturated heterocycles. The summed E-state index contributed by atoms with van der Waals surface area (Å²) in [6.07, 6.45) is 1.79. The van der Waals surface area contributed by atoms with Crippen LogP contribution in [0.25, 0.3) is 0 Å². The molecule has 0 radical (unpaired) electrons. The van der Waals surface area contributed by atoms with Gasteiger partial charge in [-0.25, -0.2) is 9.97 Å². The van der Waals surface area contributed by atoms with E-state index in [2.05, 4.69) is 41.3 Å². The first-order valence-corrected chi connectivity index (χ1v) is 6.35. The van der Waals surface area contributed by atoms with E-state index in [0.717, 1.165) is 17.9 Å². The molecule has 2 rings (SSSR count). The zero-order chi connectivity index (χ0) is 13.0. The van der Waals surface area contributed by atoms with Crippen molar-refractivity contribution in [3.8, 4) is 0 Å². The Morgan fingerprint density at radius 2 is 1.94 bits per heavy atom. The number of halogens is 1. The Bertz CT molecular complexity index is 512. The van der Waals surface area contributed by atoms with Crippen molar-refractivity contribution in [1.82, 2.24) is 9.97 Å². The average Bonchev–Trinajstić information content (AvgIpc) is 2.37.